The Morgan fingerprint density at radius 2 is 1.76 bits per heavy atom. The molecule has 0 saturated heterocycles. The van der Waals surface area contributed by atoms with Crippen molar-refractivity contribution in [1.82, 2.24) is 4.98 Å². The molecule has 0 bridgehead atoms. The fourth-order valence-electron chi connectivity index (χ4n) is 2.61. The van der Waals surface area contributed by atoms with Gasteiger partial charge in [-0.05, 0) is 29.8 Å². The number of hydrogen-bond donors (Lipinski definition) is 0. The van der Waals surface area contributed by atoms with Crippen LogP contribution in [-0.2, 0) is 20.9 Å². The van der Waals surface area contributed by atoms with Gasteiger partial charge in [-0.25, -0.2) is 9.78 Å². The van der Waals surface area contributed by atoms with Crippen LogP contribution in [0, 0.1) is 0 Å². The SMILES string of the molecule is COC=C(C(=O)OC)c1cccnc1Oc1cccc(OCc2ccccc2)c1. The molecule has 0 unspecified atom stereocenters. The third-order valence-corrected chi connectivity index (χ3v) is 3.97. The number of aromatic nitrogens is 1. The highest BCUT2D eigenvalue weighted by molar-refractivity contribution is 6.16. The van der Waals surface area contributed by atoms with Crippen LogP contribution in [0.2, 0.25) is 0 Å². The number of methoxy groups -OCH3 is 2. The summed E-state index contributed by atoms with van der Waals surface area (Å²) in [7, 11) is 2.75. The highest BCUT2D eigenvalue weighted by Gasteiger charge is 2.19. The lowest BCUT2D eigenvalue weighted by Gasteiger charge is -2.12. The summed E-state index contributed by atoms with van der Waals surface area (Å²) in [6, 6.07) is 20.5. The summed E-state index contributed by atoms with van der Waals surface area (Å²) in [4.78, 5) is 16.4. The molecule has 0 radical (unpaired) electrons. The van der Waals surface area contributed by atoms with Crippen LogP contribution in [0.1, 0.15) is 11.1 Å². The molecule has 1 aromatic heterocycles. The molecule has 0 fully saturated rings. The van der Waals surface area contributed by atoms with Gasteiger partial charge in [0, 0.05) is 12.3 Å². The number of ether oxygens (including phenoxy) is 4. The quantitative estimate of drug-likeness (QED) is 0.317. The summed E-state index contributed by atoms with van der Waals surface area (Å²) in [6.45, 7) is 0.447. The highest BCUT2D eigenvalue weighted by Crippen LogP contribution is 2.30. The van der Waals surface area contributed by atoms with E-state index in [1.807, 2.05) is 42.5 Å². The molecule has 0 spiro atoms. The van der Waals surface area contributed by atoms with Crippen LogP contribution >= 0.6 is 0 Å². The predicted octanol–water partition coefficient (Wildman–Crippen LogP) is 4.61. The number of hydrogen-bond acceptors (Lipinski definition) is 6. The molecule has 3 aromatic rings. The lowest BCUT2D eigenvalue weighted by molar-refractivity contribution is -0.133. The summed E-state index contributed by atoms with van der Waals surface area (Å²) in [5.41, 5.74) is 1.73. The van der Waals surface area contributed by atoms with E-state index in [9.17, 15) is 4.79 Å². The summed E-state index contributed by atoms with van der Waals surface area (Å²) < 4.78 is 21.6. The Morgan fingerprint density at radius 3 is 2.52 bits per heavy atom. The maximum atomic E-state index is 12.1. The topological polar surface area (TPSA) is 66.9 Å². The molecule has 0 saturated carbocycles. The van der Waals surface area contributed by atoms with Gasteiger partial charge >= 0.3 is 5.97 Å². The van der Waals surface area contributed by atoms with Crippen LogP contribution in [0.3, 0.4) is 0 Å². The third kappa shape index (κ3) is 5.35. The van der Waals surface area contributed by atoms with E-state index in [4.69, 9.17) is 18.9 Å². The second kappa shape index (κ2) is 9.94. The average molecular weight is 391 g/mol. The molecular weight excluding hydrogens is 370 g/mol. The van der Waals surface area contributed by atoms with Crippen molar-refractivity contribution in [1.29, 1.82) is 0 Å². The van der Waals surface area contributed by atoms with Crippen molar-refractivity contribution in [2.75, 3.05) is 14.2 Å². The number of pyridine rings is 1. The first-order chi connectivity index (χ1) is 14.2. The van der Waals surface area contributed by atoms with E-state index in [2.05, 4.69) is 4.98 Å². The van der Waals surface area contributed by atoms with E-state index >= 15 is 0 Å². The molecule has 0 atom stereocenters. The minimum atomic E-state index is -0.551. The van der Waals surface area contributed by atoms with Crippen molar-refractivity contribution in [2.24, 2.45) is 0 Å². The smallest absolute Gasteiger partial charge is 0.341 e. The Kier molecular flexibility index (Phi) is 6.84. The van der Waals surface area contributed by atoms with E-state index in [1.54, 1.807) is 30.5 Å². The van der Waals surface area contributed by atoms with Gasteiger partial charge in [0.05, 0.1) is 26.0 Å². The van der Waals surface area contributed by atoms with Crippen molar-refractivity contribution in [3.05, 3.63) is 90.3 Å². The van der Waals surface area contributed by atoms with Gasteiger partial charge in [0.2, 0.25) is 5.88 Å². The molecule has 2 aromatic carbocycles. The largest absolute Gasteiger partial charge is 0.503 e. The summed E-state index contributed by atoms with van der Waals surface area (Å²) >= 11 is 0. The molecule has 3 rings (SSSR count). The lowest BCUT2D eigenvalue weighted by atomic mass is 10.1. The maximum absolute atomic E-state index is 12.1. The third-order valence-electron chi connectivity index (χ3n) is 3.97. The van der Waals surface area contributed by atoms with Gasteiger partial charge in [-0.3, -0.25) is 0 Å². The lowest BCUT2D eigenvalue weighted by Crippen LogP contribution is -2.06. The molecule has 148 valence electrons. The fourth-order valence-corrected chi connectivity index (χ4v) is 2.61. The molecular formula is C23H21NO5. The Hall–Kier alpha value is -3.80. The molecule has 0 aliphatic carbocycles. The van der Waals surface area contributed by atoms with Crippen molar-refractivity contribution >= 4 is 11.5 Å². The van der Waals surface area contributed by atoms with Crippen LogP contribution in [0.4, 0.5) is 0 Å². The first-order valence-corrected chi connectivity index (χ1v) is 8.92. The number of carbonyl (C=O) groups is 1. The van der Waals surface area contributed by atoms with Gasteiger partial charge in [-0.1, -0.05) is 36.4 Å². The zero-order valence-corrected chi connectivity index (χ0v) is 16.2. The van der Waals surface area contributed by atoms with Crippen LogP contribution in [0.25, 0.3) is 5.57 Å². The minimum absolute atomic E-state index is 0.203. The van der Waals surface area contributed by atoms with Gasteiger partial charge in [0.25, 0.3) is 0 Å². The molecule has 6 nitrogen and oxygen atoms in total. The number of esters is 1. The Balaban J connectivity index is 1.80. The second-order valence-electron chi connectivity index (χ2n) is 5.97. The Bertz CT molecular complexity index is 985. The van der Waals surface area contributed by atoms with Gasteiger partial charge < -0.3 is 18.9 Å². The maximum Gasteiger partial charge on any atom is 0.341 e. The van der Waals surface area contributed by atoms with Crippen LogP contribution < -0.4 is 9.47 Å². The number of nitrogens with zero attached hydrogens (tertiary/aromatic N) is 1. The predicted molar refractivity (Wildman–Crippen MR) is 109 cm³/mol. The summed E-state index contributed by atoms with van der Waals surface area (Å²) in [5, 5.41) is 0. The van der Waals surface area contributed by atoms with Crippen molar-refractivity contribution in [3.63, 3.8) is 0 Å². The van der Waals surface area contributed by atoms with Crippen LogP contribution in [0.5, 0.6) is 17.4 Å². The molecule has 1 heterocycles. The molecule has 0 aliphatic rings. The van der Waals surface area contributed by atoms with Crippen molar-refractivity contribution in [2.45, 2.75) is 6.61 Å². The van der Waals surface area contributed by atoms with Crippen LogP contribution in [0.15, 0.2) is 79.2 Å². The van der Waals surface area contributed by atoms with E-state index in [0.29, 0.717) is 23.7 Å². The first-order valence-electron chi connectivity index (χ1n) is 8.92. The van der Waals surface area contributed by atoms with Crippen molar-refractivity contribution < 1.29 is 23.7 Å². The molecule has 6 heteroatoms. The van der Waals surface area contributed by atoms with Gasteiger partial charge in [-0.2, -0.15) is 0 Å². The average Bonchev–Trinajstić information content (AvgIpc) is 2.77. The minimum Gasteiger partial charge on any atom is -0.503 e. The molecule has 0 N–H and O–H groups in total. The zero-order valence-electron chi connectivity index (χ0n) is 16.2. The van der Waals surface area contributed by atoms with Crippen LogP contribution in [-0.4, -0.2) is 25.2 Å². The monoisotopic (exact) mass is 391 g/mol. The number of carbonyl (C=O) groups excluding carboxylic acids is 1. The normalized spacial score (nSPS) is 10.9. The Labute approximate surface area is 169 Å². The zero-order chi connectivity index (χ0) is 20.5. The molecule has 29 heavy (non-hydrogen) atoms. The van der Waals surface area contributed by atoms with Crippen molar-refractivity contribution in [3.8, 4) is 17.4 Å². The van der Waals surface area contributed by atoms with Gasteiger partial charge in [0.1, 0.15) is 23.7 Å². The molecule has 0 amide bonds. The second-order valence-corrected chi connectivity index (χ2v) is 5.97. The Morgan fingerprint density at radius 1 is 0.966 bits per heavy atom. The first kappa shape index (κ1) is 19.9. The molecule has 0 aliphatic heterocycles. The van der Waals surface area contributed by atoms with E-state index < -0.39 is 5.97 Å². The summed E-state index contributed by atoms with van der Waals surface area (Å²) in [6.07, 6.45) is 2.88. The van der Waals surface area contributed by atoms with Gasteiger partial charge in [-0.15, -0.1) is 0 Å². The standard InChI is InChI=1S/C23H21NO5/c1-26-16-21(23(25)27-2)20-12-7-13-24-22(20)29-19-11-6-10-18(14-19)28-15-17-8-4-3-5-9-17/h3-14,16H,15H2,1-2H3. The number of benzene rings is 2. The summed E-state index contributed by atoms with van der Waals surface area (Å²) in [5.74, 6) is 0.882. The van der Waals surface area contributed by atoms with Gasteiger partial charge in [0.15, 0.2) is 0 Å². The highest BCUT2D eigenvalue weighted by atomic mass is 16.5. The van der Waals surface area contributed by atoms with E-state index in [-0.39, 0.29) is 11.5 Å². The van der Waals surface area contributed by atoms with E-state index in [1.165, 1.54) is 20.5 Å². The fraction of sp³-hybridized carbons (Fsp3) is 0.130. The van der Waals surface area contributed by atoms with E-state index in [0.717, 1.165) is 5.56 Å². The number of rotatable bonds is 8.